The van der Waals surface area contributed by atoms with Crippen LogP contribution in [-0.4, -0.2) is 38.3 Å². The van der Waals surface area contributed by atoms with Gasteiger partial charge in [0.2, 0.25) is 10.0 Å². The molecule has 2 unspecified atom stereocenters. The fourth-order valence-corrected chi connectivity index (χ4v) is 3.46. The van der Waals surface area contributed by atoms with Gasteiger partial charge in [-0.2, -0.15) is 0 Å². The SMILES string of the molecule is O=S(=O)(CCCl)NCC1CCCC1CO. The van der Waals surface area contributed by atoms with Gasteiger partial charge in [-0.25, -0.2) is 13.1 Å². The first-order chi connectivity index (χ1) is 7.09. The molecule has 2 atom stereocenters. The number of sulfonamides is 1. The van der Waals surface area contributed by atoms with E-state index in [2.05, 4.69) is 4.72 Å². The molecule has 90 valence electrons. The first-order valence-corrected chi connectivity index (χ1v) is 7.42. The van der Waals surface area contributed by atoms with Crippen molar-refractivity contribution >= 4 is 21.6 Å². The zero-order valence-corrected chi connectivity index (χ0v) is 10.2. The third-order valence-corrected chi connectivity index (χ3v) is 4.72. The van der Waals surface area contributed by atoms with Crippen LogP contribution < -0.4 is 4.72 Å². The van der Waals surface area contributed by atoms with Gasteiger partial charge in [0, 0.05) is 19.0 Å². The summed E-state index contributed by atoms with van der Waals surface area (Å²) in [5, 5.41) is 9.07. The standard InChI is InChI=1S/C9H18ClNO3S/c10-4-5-15(13,14)11-6-8-2-1-3-9(8)7-12/h8-9,11-12H,1-7H2. The van der Waals surface area contributed by atoms with E-state index >= 15 is 0 Å². The normalized spacial score (nSPS) is 27.1. The molecular weight excluding hydrogens is 238 g/mol. The van der Waals surface area contributed by atoms with Gasteiger partial charge in [0.1, 0.15) is 0 Å². The van der Waals surface area contributed by atoms with Crippen molar-refractivity contribution in [1.82, 2.24) is 4.72 Å². The molecule has 1 aliphatic rings. The number of halogens is 1. The summed E-state index contributed by atoms with van der Waals surface area (Å²) in [7, 11) is -3.21. The predicted octanol–water partition coefficient (Wildman–Crippen LogP) is 0.553. The van der Waals surface area contributed by atoms with Gasteiger partial charge < -0.3 is 5.11 Å². The molecule has 0 amide bonds. The maximum Gasteiger partial charge on any atom is 0.212 e. The summed E-state index contributed by atoms with van der Waals surface area (Å²) in [6, 6.07) is 0. The quantitative estimate of drug-likeness (QED) is 0.682. The Balaban J connectivity index is 2.36. The Kier molecular flexibility index (Phi) is 5.32. The van der Waals surface area contributed by atoms with Crippen molar-refractivity contribution in [1.29, 1.82) is 0 Å². The summed E-state index contributed by atoms with van der Waals surface area (Å²) in [6.45, 7) is 0.590. The first kappa shape index (κ1) is 13.2. The average Bonchev–Trinajstić information content (AvgIpc) is 2.62. The molecule has 15 heavy (non-hydrogen) atoms. The largest absolute Gasteiger partial charge is 0.396 e. The minimum Gasteiger partial charge on any atom is -0.396 e. The van der Waals surface area contributed by atoms with Crippen LogP contribution in [0, 0.1) is 11.8 Å². The number of alkyl halides is 1. The molecule has 1 aliphatic carbocycles. The Morgan fingerprint density at radius 3 is 2.60 bits per heavy atom. The monoisotopic (exact) mass is 255 g/mol. The van der Waals surface area contributed by atoms with Gasteiger partial charge in [0.25, 0.3) is 0 Å². The Labute approximate surface area is 96.1 Å². The molecule has 4 nitrogen and oxygen atoms in total. The number of hydrogen-bond acceptors (Lipinski definition) is 3. The topological polar surface area (TPSA) is 66.4 Å². The molecule has 0 saturated heterocycles. The van der Waals surface area contributed by atoms with Crippen LogP contribution in [0.25, 0.3) is 0 Å². The highest BCUT2D eigenvalue weighted by atomic mass is 35.5. The van der Waals surface area contributed by atoms with Gasteiger partial charge in [0.15, 0.2) is 0 Å². The van der Waals surface area contributed by atoms with Crippen LogP contribution in [0.4, 0.5) is 0 Å². The lowest BCUT2D eigenvalue weighted by atomic mass is 9.97. The van der Waals surface area contributed by atoms with Gasteiger partial charge in [-0.05, 0) is 24.7 Å². The van der Waals surface area contributed by atoms with E-state index in [1.54, 1.807) is 0 Å². The van der Waals surface area contributed by atoms with E-state index < -0.39 is 10.0 Å². The molecular formula is C9H18ClNO3S. The highest BCUT2D eigenvalue weighted by molar-refractivity contribution is 7.89. The van der Waals surface area contributed by atoms with Crippen molar-refractivity contribution < 1.29 is 13.5 Å². The van der Waals surface area contributed by atoms with E-state index in [9.17, 15) is 8.42 Å². The summed E-state index contributed by atoms with van der Waals surface area (Å²) in [5.74, 6) is 0.609. The van der Waals surface area contributed by atoms with Crippen molar-refractivity contribution in [3.8, 4) is 0 Å². The van der Waals surface area contributed by atoms with Crippen LogP contribution in [0.3, 0.4) is 0 Å². The molecule has 0 aromatic heterocycles. The molecule has 0 aromatic rings. The number of aliphatic hydroxyl groups excluding tert-OH is 1. The molecule has 0 aromatic carbocycles. The third kappa shape index (κ3) is 4.26. The summed E-state index contributed by atoms with van der Waals surface area (Å²) in [5.41, 5.74) is 0. The van der Waals surface area contributed by atoms with Gasteiger partial charge in [-0.1, -0.05) is 6.42 Å². The van der Waals surface area contributed by atoms with Gasteiger partial charge >= 0.3 is 0 Å². The lowest BCUT2D eigenvalue weighted by molar-refractivity contribution is 0.195. The predicted molar refractivity (Wildman–Crippen MR) is 60.4 cm³/mol. The molecule has 6 heteroatoms. The molecule has 0 bridgehead atoms. The van der Waals surface area contributed by atoms with Crippen LogP contribution >= 0.6 is 11.6 Å². The molecule has 1 rings (SSSR count). The number of rotatable bonds is 6. The molecule has 0 radical (unpaired) electrons. The van der Waals surface area contributed by atoms with Crippen molar-refractivity contribution in [2.45, 2.75) is 19.3 Å². The highest BCUT2D eigenvalue weighted by Gasteiger charge is 2.27. The van der Waals surface area contributed by atoms with E-state index in [1.165, 1.54) is 0 Å². The number of hydrogen-bond donors (Lipinski definition) is 2. The third-order valence-electron chi connectivity index (χ3n) is 2.96. The Hall–Kier alpha value is 0.160. The van der Waals surface area contributed by atoms with Crippen LogP contribution in [0.1, 0.15) is 19.3 Å². The summed E-state index contributed by atoms with van der Waals surface area (Å²) in [4.78, 5) is 0. The average molecular weight is 256 g/mol. The van der Waals surface area contributed by atoms with Crippen molar-refractivity contribution in [2.75, 3.05) is 24.8 Å². The lowest BCUT2D eigenvalue weighted by Crippen LogP contribution is -2.33. The fraction of sp³-hybridized carbons (Fsp3) is 1.00. The van der Waals surface area contributed by atoms with Gasteiger partial charge in [0.05, 0.1) is 5.75 Å². The molecule has 1 fully saturated rings. The Bertz CT molecular complexity index is 281. The highest BCUT2D eigenvalue weighted by Crippen LogP contribution is 2.30. The minimum absolute atomic E-state index is 0.0366. The van der Waals surface area contributed by atoms with Crippen LogP contribution in [0.2, 0.25) is 0 Å². The summed E-state index contributed by atoms with van der Waals surface area (Å²) in [6.07, 6.45) is 3.07. The second-order valence-electron chi connectivity index (χ2n) is 3.99. The molecule has 0 aliphatic heterocycles. The van der Waals surface area contributed by atoms with E-state index in [4.69, 9.17) is 16.7 Å². The Morgan fingerprint density at radius 2 is 2.00 bits per heavy atom. The second kappa shape index (κ2) is 6.03. The molecule has 0 spiro atoms. The van der Waals surface area contributed by atoms with Crippen LogP contribution in [0.15, 0.2) is 0 Å². The zero-order chi connectivity index (χ0) is 11.3. The smallest absolute Gasteiger partial charge is 0.212 e. The molecule has 1 saturated carbocycles. The maximum absolute atomic E-state index is 11.3. The number of nitrogens with one attached hydrogen (secondary N) is 1. The van der Waals surface area contributed by atoms with Gasteiger partial charge in [-0.3, -0.25) is 0 Å². The lowest BCUT2D eigenvalue weighted by Gasteiger charge is -2.17. The summed E-state index contributed by atoms with van der Waals surface area (Å²) >= 11 is 5.38. The van der Waals surface area contributed by atoms with Crippen LogP contribution in [-0.2, 0) is 10.0 Å². The molecule has 2 N–H and O–H groups in total. The molecule has 0 heterocycles. The van der Waals surface area contributed by atoms with E-state index in [1.807, 2.05) is 0 Å². The fourth-order valence-electron chi connectivity index (χ4n) is 2.03. The Morgan fingerprint density at radius 1 is 1.33 bits per heavy atom. The van der Waals surface area contributed by atoms with Crippen molar-refractivity contribution in [2.24, 2.45) is 11.8 Å². The van der Waals surface area contributed by atoms with Crippen LogP contribution in [0.5, 0.6) is 0 Å². The van der Waals surface area contributed by atoms with E-state index in [0.717, 1.165) is 19.3 Å². The summed E-state index contributed by atoms with van der Waals surface area (Å²) < 4.78 is 25.2. The van der Waals surface area contributed by atoms with Crippen molar-refractivity contribution in [3.63, 3.8) is 0 Å². The maximum atomic E-state index is 11.3. The van der Waals surface area contributed by atoms with Crippen molar-refractivity contribution in [3.05, 3.63) is 0 Å². The van der Waals surface area contributed by atoms with E-state index in [0.29, 0.717) is 6.54 Å². The minimum atomic E-state index is -3.21. The van der Waals surface area contributed by atoms with Gasteiger partial charge in [-0.15, -0.1) is 11.6 Å². The zero-order valence-electron chi connectivity index (χ0n) is 8.65. The second-order valence-corrected chi connectivity index (χ2v) is 6.29. The first-order valence-electron chi connectivity index (χ1n) is 5.23. The van der Waals surface area contributed by atoms with E-state index in [-0.39, 0.29) is 30.1 Å². The number of aliphatic hydroxyl groups is 1.